The summed E-state index contributed by atoms with van der Waals surface area (Å²) in [7, 11) is 0. The van der Waals surface area contributed by atoms with Gasteiger partial charge in [0.25, 0.3) is 5.79 Å². The second-order valence-corrected chi connectivity index (χ2v) is 9.85. The zero-order valence-electron chi connectivity index (χ0n) is 18.3. The fourth-order valence-electron chi connectivity index (χ4n) is 4.17. The molecule has 29 heavy (non-hydrogen) atoms. The van der Waals surface area contributed by atoms with E-state index in [2.05, 4.69) is 19.1 Å². The Kier molecular flexibility index (Phi) is 13.2. The van der Waals surface area contributed by atoms with E-state index in [1.165, 1.54) is 51.4 Å². The van der Waals surface area contributed by atoms with Gasteiger partial charge in [-0.15, -0.1) is 11.8 Å². The van der Waals surface area contributed by atoms with Gasteiger partial charge in [0.05, 0.1) is 11.4 Å². The molecule has 4 atom stereocenters. The van der Waals surface area contributed by atoms with E-state index in [9.17, 15) is 20.1 Å². The van der Waals surface area contributed by atoms with Gasteiger partial charge in [-0.2, -0.15) is 0 Å². The topological polar surface area (TPSA) is 98.0 Å². The zero-order valence-corrected chi connectivity index (χ0v) is 19.1. The molecule has 6 heteroatoms. The molecule has 1 fully saturated rings. The summed E-state index contributed by atoms with van der Waals surface area (Å²) in [5, 5.41) is 37.6. The summed E-state index contributed by atoms with van der Waals surface area (Å²) in [6.45, 7) is 3.84. The number of aliphatic hydroxyl groups excluding tert-OH is 1. The van der Waals surface area contributed by atoms with Crippen LogP contribution < -0.4 is 0 Å². The van der Waals surface area contributed by atoms with Gasteiger partial charge in [-0.05, 0) is 57.3 Å². The van der Waals surface area contributed by atoms with Crippen molar-refractivity contribution in [2.45, 2.75) is 108 Å². The van der Waals surface area contributed by atoms with Crippen molar-refractivity contribution in [2.75, 3.05) is 5.75 Å². The highest BCUT2D eigenvalue weighted by Gasteiger charge is 2.42. The highest BCUT2D eigenvalue weighted by Crippen LogP contribution is 2.37. The Bertz CT molecular complexity index is 478. The molecular formula is C23H42O5S. The van der Waals surface area contributed by atoms with E-state index >= 15 is 0 Å². The van der Waals surface area contributed by atoms with E-state index in [4.69, 9.17) is 5.11 Å². The molecule has 1 aliphatic rings. The van der Waals surface area contributed by atoms with E-state index in [1.54, 1.807) is 6.92 Å². The minimum absolute atomic E-state index is 0.286. The highest BCUT2D eigenvalue weighted by molar-refractivity contribution is 8.00. The average molecular weight is 431 g/mol. The number of aliphatic carboxylic acids is 1. The molecule has 5 nitrogen and oxygen atoms in total. The van der Waals surface area contributed by atoms with Gasteiger partial charge in [0.1, 0.15) is 0 Å². The van der Waals surface area contributed by atoms with Crippen molar-refractivity contribution in [1.29, 1.82) is 0 Å². The number of allylic oxidation sites excluding steroid dienone is 2. The Labute approximate surface area is 181 Å². The van der Waals surface area contributed by atoms with Crippen LogP contribution >= 0.6 is 11.8 Å². The van der Waals surface area contributed by atoms with Crippen LogP contribution in [0, 0.1) is 11.8 Å². The molecule has 0 aromatic rings. The molecule has 1 rings (SSSR count). The van der Waals surface area contributed by atoms with Gasteiger partial charge in [-0.3, -0.25) is 0 Å². The molecule has 1 saturated carbocycles. The van der Waals surface area contributed by atoms with Crippen LogP contribution in [-0.2, 0) is 4.79 Å². The van der Waals surface area contributed by atoms with E-state index in [0.29, 0.717) is 18.3 Å². The first-order chi connectivity index (χ1) is 13.8. The Morgan fingerprint density at radius 2 is 1.93 bits per heavy atom. The van der Waals surface area contributed by atoms with E-state index in [1.807, 2.05) is 0 Å². The zero-order chi connectivity index (χ0) is 21.7. The van der Waals surface area contributed by atoms with Crippen LogP contribution in [-0.4, -0.2) is 49.3 Å². The SMILES string of the molecule is CCCCCCC=C[C@H]1CCC[C@@H]1CCCCC(SCC(C)O)C(O)(O)C(=O)O. The first kappa shape index (κ1) is 26.5. The summed E-state index contributed by atoms with van der Waals surface area (Å²) in [5.41, 5.74) is 0. The lowest BCUT2D eigenvalue weighted by atomic mass is 9.89. The summed E-state index contributed by atoms with van der Waals surface area (Å²) in [4.78, 5) is 11.2. The predicted octanol–water partition coefficient (Wildman–Crippen LogP) is 4.74. The molecule has 0 bridgehead atoms. The predicted molar refractivity (Wildman–Crippen MR) is 120 cm³/mol. The maximum atomic E-state index is 11.2. The number of aliphatic hydroxyl groups is 3. The lowest BCUT2D eigenvalue weighted by molar-refractivity contribution is -0.203. The third-order valence-corrected chi connectivity index (χ3v) is 7.56. The van der Waals surface area contributed by atoms with Crippen LogP contribution in [0.3, 0.4) is 0 Å². The number of carboxylic acid groups (broad SMARTS) is 1. The molecule has 1 aliphatic carbocycles. The third kappa shape index (κ3) is 10.3. The molecule has 0 heterocycles. The lowest BCUT2D eigenvalue weighted by Crippen LogP contribution is -2.48. The van der Waals surface area contributed by atoms with Crippen LogP contribution in [0.2, 0.25) is 0 Å². The van der Waals surface area contributed by atoms with Crippen molar-refractivity contribution < 1.29 is 25.2 Å². The van der Waals surface area contributed by atoms with Gasteiger partial charge < -0.3 is 20.4 Å². The summed E-state index contributed by atoms with van der Waals surface area (Å²) >= 11 is 1.13. The average Bonchev–Trinajstić information content (AvgIpc) is 3.10. The minimum atomic E-state index is -2.75. The Morgan fingerprint density at radius 3 is 2.59 bits per heavy atom. The lowest BCUT2D eigenvalue weighted by Gasteiger charge is -2.27. The molecule has 2 unspecified atom stereocenters. The maximum Gasteiger partial charge on any atom is 0.365 e. The normalized spacial score (nSPS) is 22.2. The Hall–Kier alpha value is -0.560. The molecule has 0 radical (unpaired) electrons. The van der Waals surface area contributed by atoms with Crippen LogP contribution in [0.15, 0.2) is 12.2 Å². The highest BCUT2D eigenvalue weighted by atomic mass is 32.2. The quantitative estimate of drug-likeness (QED) is 0.160. The van der Waals surface area contributed by atoms with Crippen LogP contribution in [0.25, 0.3) is 0 Å². The van der Waals surface area contributed by atoms with Gasteiger partial charge in [0.15, 0.2) is 0 Å². The second kappa shape index (κ2) is 14.4. The second-order valence-electron chi connectivity index (χ2n) is 8.62. The molecule has 0 spiro atoms. The van der Waals surface area contributed by atoms with Crippen molar-refractivity contribution in [3.8, 4) is 0 Å². The number of hydrogen-bond acceptors (Lipinski definition) is 5. The van der Waals surface area contributed by atoms with Gasteiger partial charge in [-0.25, -0.2) is 4.79 Å². The fourth-order valence-corrected chi connectivity index (χ4v) is 5.34. The summed E-state index contributed by atoms with van der Waals surface area (Å²) in [6.07, 6.45) is 17.6. The first-order valence-corrected chi connectivity index (χ1v) is 12.5. The number of hydrogen-bond donors (Lipinski definition) is 4. The number of carboxylic acids is 1. The molecule has 4 N–H and O–H groups in total. The van der Waals surface area contributed by atoms with Crippen molar-refractivity contribution in [2.24, 2.45) is 11.8 Å². The van der Waals surface area contributed by atoms with Crippen molar-refractivity contribution in [3.05, 3.63) is 12.2 Å². The van der Waals surface area contributed by atoms with Gasteiger partial charge in [-0.1, -0.05) is 57.6 Å². The largest absolute Gasteiger partial charge is 0.477 e. The molecule has 0 amide bonds. The van der Waals surface area contributed by atoms with Gasteiger partial charge >= 0.3 is 5.97 Å². The minimum Gasteiger partial charge on any atom is -0.477 e. The summed E-state index contributed by atoms with van der Waals surface area (Å²) < 4.78 is 0. The first-order valence-electron chi connectivity index (χ1n) is 11.4. The molecule has 0 aromatic heterocycles. The van der Waals surface area contributed by atoms with Crippen LogP contribution in [0.4, 0.5) is 0 Å². The molecule has 0 aliphatic heterocycles. The number of carbonyl (C=O) groups is 1. The molecule has 0 saturated heterocycles. The third-order valence-electron chi connectivity index (χ3n) is 5.92. The van der Waals surface area contributed by atoms with E-state index in [-0.39, 0.29) is 5.75 Å². The standard InChI is InChI=1S/C23H42O5S/c1-3-4-5-6-7-8-12-19-14-11-15-20(19)13-9-10-16-21(29-17-18(2)24)23(27,28)22(25)26/h8,12,18-21,24,27-28H,3-7,9-11,13-17H2,1-2H3,(H,25,26)/t18?,19-,20-,21?/m0/s1. The molecule has 170 valence electrons. The van der Waals surface area contributed by atoms with Gasteiger partial charge in [0.2, 0.25) is 0 Å². The van der Waals surface area contributed by atoms with Crippen LogP contribution in [0.1, 0.15) is 90.9 Å². The number of unbranched alkanes of at least 4 members (excludes halogenated alkanes) is 5. The summed E-state index contributed by atoms with van der Waals surface area (Å²) in [5.74, 6) is -2.74. The van der Waals surface area contributed by atoms with Crippen LogP contribution in [0.5, 0.6) is 0 Å². The fraction of sp³-hybridized carbons (Fsp3) is 0.870. The monoisotopic (exact) mass is 430 g/mol. The van der Waals surface area contributed by atoms with E-state index in [0.717, 1.165) is 31.0 Å². The number of rotatable bonds is 16. The van der Waals surface area contributed by atoms with Crippen molar-refractivity contribution >= 4 is 17.7 Å². The summed E-state index contributed by atoms with van der Waals surface area (Å²) in [6, 6.07) is 0. The molecular weight excluding hydrogens is 388 g/mol. The van der Waals surface area contributed by atoms with Gasteiger partial charge in [0, 0.05) is 5.75 Å². The van der Waals surface area contributed by atoms with Crippen molar-refractivity contribution in [3.63, 3.8) is 0 Å². The molecule has 0 aromatic carbocycles. The Morgan fingerprint density at radius 1 is 1.17 bits per heavy atom. The maximum absolute atomic E-state index is 11.2. The van der Waals surface area contributed by atoms with E-state index < -0.39 is 23.1 Å². The smallest absolute Gasteiger partial charge is 0.365 e. The number of thioether (sulfide) groups is 1. The van der Waals surface area contributed by atoms with Crippen molar-refractivity contribution in [1.82, 2.24) is 0 Å². The Balaban J connectivity index is 2.38.